The molecular formula is C14H18ClNO4S. The molecule has 0 aromatic heterocycles. The molecule has 1 aliphatic carbocycles. The normalized spacial score (nSPS) is 15.3. The fourth-order valence-corrected chi connectivity index (χ4v) is 3.51. The zero-order chi connectivity index (χ0) is 15.5. The van der Waals surface area contributed by atoms with E-state index in [2.05, 4.69) is 0 Å². The van der Waals surface area contributed by atoms with Gasteiger partial charge in [0, 0.05) is 18.1 Å². The van der Waals surface area contributed by atoms with Crippen LogP contribution in [0.1, 0.15) is 12.8 Å². The Hall–Kier alpha value is -1.11. The molecule has 5 nitrogen and oxygen atoms in total. The lowest BCUT2D eigenvalue weighted by molar-refractivity contribution is -0.138. The molecule has 7 heteroatoms. The highest BCUT2D eigenvalue weighted by molar-refractivity contribution is 7.91. The zero-order valence-electron chi connectivity index (χ0n) is 11.5. The van der Waals surface area contributed by atoms with Crippen LogP contribution in [0.2, 0.25) is 5.02 Å². The summed E-state index contributed by atoms with van der Waals surface area (Å²) in [4.78, 5) is 12.8. The lowest BCUT2D eigenvalue weighted by Crippen LogP contribution is -2.35. The Morgan fingerprint density at radius 2 is 1.90 bits per heavy atom. The van der Waals surface area contributed by atoms with Gasteiger partial charge in [-0.2, -0.15) is 0 Å². The van der Waals surface area contributed by atoms with Gasteiger partial charge in [-0.15, -0.1) is 0 Å². The molecule has 0 spiro atoms. The Kier molecular flexibility index (Phi) is 5.24. The van der Waals surface area contributed by atoms with E-state index in [1.54, 1.807) is 4.90 Å². The summed E-state index contributed by atoms with van der Waals surface area (Å²) in [5.74, 6) is -0.503. The van der Waals surface area contributed by atoms with Gasteiger partial charge in [0.15, 0.2) is 9.84 Å². The van der Waals surface area contributed by atoms with Crippen LogP contribution in [0.4, 0.5) is 0 Å². The van der Waals surface area contributed by atoms with E-state index in [4.69, 9.17) is 16.7 Å². The number of sulfone groups is 1. The van der Waals surface area contributed by atoms with Gasteiger partial charge >= 0.3 is 5.97 Å². The minimum absolute atomic E-state index is 0.0887. The molecule has 1 aromatic carbocycles. The molecule has 0 aliphatic heterocycles. The molecule has 0 atom stereocenters. The monoisotopic (exact) mass is 331 g/mol. The molecule has 0 saturated heterocycles. The fraction of sp³-hybridized carbons (Fsp3) is 0.500. The SMILES string of the molecule is O=C(O)CN(CCS(=O)(=O)c1ccc(Cl)cc1)CC1CC1. The number of halogens is 1. The van der Waals surface area contributed by atoms with E-state index in [1.165, 1.54) is 24.3 Å². The first-order chi connectivity index (χ1) is 9.87. The van der Waals surface area contributed by atoms with Crippen LogP contribution in [0.15, 0.2) is 29.2 Å². The van der Waals surface area contributed by atoms with Crippen LogP contribution in [0.25, 0.3) is 0 Å². The average molecular weight is 332 g/mol. The molecule has 0 radical (unpaired) electrons. The predicted molar refractivity (Wildman–Crippen MR) is 80.3 cm³/mol. The van der Waals surface area contributed by atoms with Gasteiger partial charge < -0.3 is 5.11 Å². The topological polar surface area (TPSA) is 74.7 Å². The van der Waals surface area contributed by atoms with Crippen LogP contribution in [0.3, 0.4) is 0 Å². The number of hydrogen-bond acceptors (Lipinski definition) is 4. The lowest BCUT2D eigenvalue weighted by Gasteiger charge is -2.19. The third kappa shape index (κ3) is 5.30. The van der Waals surface area contributed by atoms with Gasteiger partial charge in [-0.05, 0) is 43.0 Å². The maximum Gasteiger partial charge on any atom is 0.317 e. The third-order valence-corrected chi connectivity index (χ3v) is 5.38. The molecule has 1 aromatic rings. The number of hydrogen-bond donors (Lipinski definition) is 1. The van der Waals surface area contributed by atoms with Gasteiger partial charge in [-0.25, -0.2) is 8.42 Å². The second kappa shape index (κ2) is 6.77. The van der Waals surface area contributed by atoms with E-state index < -0.39 is 15.8 Å². The van der Waals surface area contributed by atoms with Crippen LogP contribution < -0.4 is 0 Å². The standard InChI is InChI=1S/C14H18ClNO4S/c15-12-3-5-13(6-4-12)21(19,20)8-7-16(10-14(17)18)9-11-1-2-11/h3-6,11H,1-2,7-10H2,(H,17,18). The molecule has 1 aliphatic rings. The minimum atomic E-state index is -3.42. The summed E-state index contributed by atoms with van der Waals surface area (Å²) in [5, 5.41) is 9.37. The molecule has 0 amide bonds. The molecule has 116 valence electrons. The first-order valence-electron chi connectivity index (χ1n) is 6.79. The molecule has 1 N–H and O–H groups in total. The Morgan fingerprint density at radius 3 is 2.43 bits per heavy atom. The second-order valence-electron chi connectivity index (χ2n) is 5.35. The summed E-state index contributed by atoms with van der Waals surface area (Å²) in [6.45, 7) is 0.767. The highest BCUT2D eigenvalue weighted by atomic mass is 35.5. The molecule has 0 bridgehead atoms. The summed E-state index contributed by atoms with van der Waals surface area (Å²) in [7, 11) is -3.42. The van der Waals surface area contributed by atoms with E-state index in [-0.39, 0.29) is 23.7 Å². The molecular weight excluding hydrogens is 314 g/mol. The van der Waals surface area contributed by atoms with Gasteiger partial charge in [0.05, 0.1) is 17.2 Å². The minimum Gasteiger partial charge on any atom is -0.480 e. The number of carboxylic acid groups (broad SMARTS) is 1. The van der Waals surface area contributed by atoms with E-state index >= 15 is 0 Å². The van der Waals surface area contributed by atoms with Crippen LogP contribution >= 0.6 is 11.6 Å². The van der Waals surface area contributed by atoms with E-state index in [1.807, 2.05) is 0 Å². The van der Waals surface area contributed by atoms with E-state index in [9.17, 15) is 13.2 Å². The first-order valence-corrected chi connectivity index (χ1v) is 8.82. The lowest BCUT2D eigenvalue weighted by atomic mass is 10.3. The largest absolute Gasteiger partial charge is 0.480 e. The molecule has 0 unspecified atom stereocenters. The predicted octanol–water partition coefficient (Wildman–Crippen LogP) is 1.91. The summed E-state index contributed by atoms with van der Waals surface area (Å²) in [6, 6.07) is 6.02. The van der Waals surface area contributed by atoms with Gasteiger partial charge in [-0.1, -0.05) is 11.6 Å². The average Bonchev–Trinajstić information content (AvgIpc) is 3.20. The van der Waals surface area contributed by atoms with Crippen LogP contribution in [-0.4, -0.2) is 49.8 Å². The number of benzene rings is 1. The van der Waals surface area contributed by atoms with Crippen LogP contribution in [-0.2, 0) is 14.6 Å². The Labute approximate surface area is 129 Å². The highest BCUT2D eigenvalue weighted by Gasteiger charge is 2.26. The Morgan fingerprint density at radius 1 is 1.29 bits per heavy atom. The van der Waals surface area contributed by atoms with Crippen molar-refractivity contribution in [2.24, 2.45) is 5.92 Å². The third-order valence-electron chi connectivity index (χ3n) is 3.42. The van der Waals surface area contributed by atoms with Crippen molar-refractivity contribution in [3.8, 4) is 0 Å². The van der Waals surface area contributed by atoms with E-state index in [0.717, 1.165) is 12.8 Å². The van der Waals surface area contributed by atoms with Crippen molar-refractivity contribution in [3.05, 3.63) is 29.3 Å². The van der Waals surface area contributed by atoms with Gasteiger partial charge in [-0.3, -0.25) is 9.69 Å². The first kappa shape index (κ1) is 16.3. The second-order valence-corrected chi connectivity index (χ2v) is 7.89. The van der Waals surface area contributed by atoms with E-state index in [0.29, 0.717) is 17.5 Å². The van der Waals surface area contributed by atoms with Crippen LogP contribution in [0, 0.1) is 5.92 Å². The molecule has 1 saturated carbocycles. The summed E-state index contributed by atoms with van der Waals surface area (Å²) in [6.07, 6.45) is 2.19. The number of rotatable bonds is 8. The Balaban J connectivity index is 1.97. The van der Waals surface area contributed by atoms with Crippen molar-refractivity contribution >= 4 is 27.4 Å². The molecule has 2 rings (SSSR count). The van der Waals surface area contributed by atoms with Crippen molar-refractivity contribution in [1.29, 1.82) is 0 Å². The number of aliphatic carboxylic acids is 1. The molecule has 1 fully saturated rings. The van der Waals surface area contributed by atoms with Crippen molar-refractivity contribution in [1.82, 2.24) is 4.90 Å². The number of carbonyl (C=O) groups is 1. The number of carboxylic acids is 1. The van der Waals surface area contributed by atoms with Gasteiger partial charge in [0.25, 0.3) is 0 Å². The molecule has 0 heterocycles. The van der Waals surface area contributed by atoms with Gasteiger partial charge in [0.2, 0.25) is 0 Å². The summed E-state index contributed by atoms with van der Waals surface area (Å²) < 4.78 is 24.4. The summed E-state index contributed by atoms with van der Waals surface area (Å²) >= 11 is 5.74. The van der Waals surface area contributed by atoms with Crippen molar-refractivity contribution in [3.63, 3.8) is 0 Å². The molecule has 21 heavy (non-hydrogen) atoms. The van der Waals surface area contributed by atoms with Crippen LogP contribution in [0.5, 0.6) is 0 Å². The van der Waals surface area contributed by atoms with Crippen molar-refractivity contribution < 1.29 is 18.3 Å². The van der Waals surface area contributed by atoms with Crippen molar-refractivity contribution in [2.45, 2.75) is 17.7 Å². The smallest absolute Gasteiger partial charge is 0.317 e. The maximum absolute atomic E-state index is 12.2. The zero-order valence-corrected chi connectivity index (χ0v) is 13.1. The Bertz CT molecular complexity index is 596. The fourth-order valence-electron chi connectivity index (χ4n) is 2.10. The quantitative estimate of drug-likeness (QED) is 0.787. The highest BCUT2D eigenvalue weighted by Crippen LogP contribution is 2.29. The van der Waals surface area contributed by atoms with Crippen molar-refractivity contribution in [2.75, 3.05) is 25.4 Å². The number of nitrogens with zero attached hydrogens (tertiary/aromatic N) is 1. The maximum atomic E-state index is 12.2. The summed E-state index contributed by atoms with van der Waals surface area (Å²) in [5.41, 5.74) is 0. The van der Waals surface area contributed by atoms with Gasteiger partial charge in [0.1, 0.15) is 0 Å².